The molecule has 0 bridgehead atoms. The van der Waals surface area contributed by atoms with Gasteiger partial charge in [0.15, 0.2) is 6.61 Å². The summed E-state index contributed by atoms with van der Waals surface area (Å²) in [6.45, 7) is 3.65. The molecule has 1 aromatic carbocycles. The molecule has 9 heteroatoms. The zero-order valence-electron chi connectivity index (χ0n) is 14.8. The first-order valence-corrected chi connectivity index (χ1v) is 8.20. The first-order chi connectivity index (χ1) is 12.5. The lowest BCUT2D eigenvalue weighted by atomic mass is 10.2. The summed E-state index contributed by atoms with van der Waals surface area (Å²) in [4.78, 5) is 46.1. The molecule has 3 N–H and O–H groups in total. The Morgan fingerprint density at radius 2 is 1.69 bits per heavy atom. The van der Waals surface area contributed by atoms with Gasteiger partial charge < -0.3 is 20.1 Å². The monoisotopic (exact) mass is 365 g/mol. The predicted octanol–water partition coefficient (Wildman–Crippen LogP) is 0.594. The third kappa shape index (κ3) is 8.13. The van der Waals surface area contributed by atoms with Crippen LogP contribution in [0.15, 0.2) is 24.3 Å². The first-order valence-electron chi connectivity index (χ1n) is 8.20. The Balaban J connectivity index is 2.29. The maximum absolute atomic E-state index is 11.9. The number of ether oxygens (including phenoxy) is 2. The van der Waals surface area contributed by atoms with Crippen molar-refractivity contribution in [2.45, 2.75) is 20.3 Å². The van der Waals surface area contributed by atoms with Gasteiger partial charge in [0.05, 0.1) is 6.61 Å². The zero-order chi connectivity index (χ0) is 19.4. The number of carbonyl (C=O) groups excluding carboxylic acids is 4. The lowest BCUT2D eigenvalue weighted by Gasteiger charge is -2.08. The molecule has 0 fully saturated rings. The molecule has 0 atom stereocenters. The molecule has 1 aromatic rings. The molecular formula is C17H23N3O6. The minimum atomic E-state index is -0.798. The SMILES string of the molecule is CCCNC(=O)NC(=O)COC(=O)CNC(=O)c1ccc(OCC)cc1. The average Bonchev–Trinajstić information content (AvgIpc) is 2.63. The van der Waals surface area contributed by atoms with Crippen molar-refractivity contribution in [1.82, 2.24) is 16.0 Å². The molecule has 9 nitrogen and oxygen atoms in total. The molecular weight excluding hydrogens is 342 g/mol. The first kappa shape index (κ1) is 20.9. The van der Waals surface area contributed by atoms with Crippen molar-refractivity contribution in [3.63, 3.8) is 0 Å². The number of rotatable bonds is 9. The number of benzene rings is 1. The van der Waals surface area contributed by atoms with Crippen molar-refractivity contribution in [3.05, 3.63) is 29.8 Å². The quantitative estimate of drug-likeness (QED) is 0.551. The number of nitrogens with one attached hydrogen (secondary N) is 3. The molecule has 0 spiro atoms. The van der Waals surface area contributed by atoms with Gasteiger partial charge in [-0.25, -0.2) is 4.79 Å². The summed E-state index contributed by atoms with van der Waals surface area (Å²) < 4.78 is 9.95. The van der Waals surface area contributed by atoms with E-state index in [0.717, 1.165) is 6.42 Å². The Morgan fingerprint density at radius 1 is 1.00 bits per heavy atom. The Hall–Kier alpha value is -3.10. The van der Waals surface area contributed by atoms with E-state index in [1.165, 1.54) is 0 Å². The van der Waals surface area contributed by atoms with E-state index in [9.17, 15) is 19.2 Å². The lowest BCUT2D eigenvalue weighted by molar-refractivity contribution is -0.147. The Labute approximate surface area is 151 Å². The summed E-state index contributed by atoms with van der Waals surface area (Å²) in [6.07, 6.45) is 0.727. The number of hydrogen-bond acceptors (Lipinski definition) is 6. The molecule has 0 heterocycles. The van der Waals surface area contributed by atoms with Gasteiger partial charge in [0.2, 0.25) is 0 Å². The van der Waals surface area contributed by atoms with E-state index in [-0.39, 0.29) is 0 Å². The minimum absolute atomic E-state index is 0.353. The van der Waals surface area contributed by atoms with Crippen LogP contribution in [0.25, 0.3) is 0 Å². The highest BCUT2D eigenvalue weighted by molar-refractivity contribution is 5.97. The summed E-state index contributed by atoms with van der Waals surface area (Å²) in [5.41, 5.74) is 0.353. The number of hydrogen-bond donors (Lipinski definition) is 3. The molecule has 0 aliphatic rings. The second-order valence-corrected chi connectivity index (χ2v) is 5.10. The van der Waals surface area contributed by atoms with Crippen LogP contribution in [-0.4, -0.2) is 50.1 Å². The molecule has 0 aliphatic heterocycles. The second kappa shape index (κ2) is 11.5. The van der Waals surface area contributed by atoms with Crippen LogP contribution in [-0.2, 0) is 14.3 Å². The van der Waals surface area contributed by atoms with Crippen molar-refractivity contribution in [1.29, 1.82) is 0 Å². The molecule has 1 rings (SSSR count). The molecule has 4 amide bonds. The third-order valence-corrected chi connectivity index (χ3v) is 2.97. The summed E-state index contributed by atoms with van der Waals surface area (Å²) in [5, 5.41) is 6.83. The van der Waals surface area contributed by atoms with Gasteiger partial charge in [-0.1, -0.05) is 6.92 Å². The highest BCUT2D eigenvalue weighted by Gasteiger charge is 2.12. The van der Waals surface area contributed by atoms with E-state index < -0.39 is 37.0 Å². The van der Waals surface area contributed by atoms with E-state index in [1.807, 2.05) is 19.2 Å². The molecule has 0 saturated heterocycles. The topological polar surface area (TPSA) is 123 Å². The van der Waals surface area contributed by atoms with Gasteiger partial charge in [-0.2, -0.15) is 0 Å². The fraction of sp³-hybridized carbons (Fsp3) is 0.412. The maximum Gasteiger partial charge on any atom is 0.325 e. The third-order valence-electron chi connectivity index (χ3n) is 2.97. The Kier molecular flexibility index (Phi) is 9.23. The number of urea groups is 1. The summed E-state index contributed by atoms with van der Waals surface area (Å²) in [7, 11) is 0. The smallest absolute Gasteiger partial charge is 0.325 e. The van der Waals surface area contributed by atoms with Gasteiger partial charge in [-0.3, -0.25) is 19.7 Å². The fourth-order valence-corrected chi connectivity index (χ4v) is 1.77. The maximum atomic E-state index is 11.9. The van der Waals surface area contributed by atoms with E-state index in [4.69, 9.17) is 4.74 Å². The van der Waals surface area contributed by atoms with E-state index in [2.05, 4.69) is 15.4 Å². The van der Waals surface area contributed by atoms with Crippen LogP contribution in [0.2, 0.25) is 0 Å². The van der Waals surface area contributed by atoms with Crippen LogP contribution >= 0.6 is 0 Å². The van der Waals surface area contributed by atoms with E-state index in [0.29, 0.717) is 24.5 Å². The minimum Gasteiger partial charge on any atom is -0.494 e. The summed E-state index contributed by atoms with van der Waals surface area (Å²) in [5.74, 6) is -1.39. The van der Waals surface area contributed by atoms with Gasteiger partial charge >= 0.3 is 12.0 Å². The predicted molar refractivity (Wildman–Crippen MR) is 92.7 cm³/mol. The standard InChI is InChI=1S/C17H23N3O6/c1-3-9-18-17(24)20-14(21)11-26-15(22)10-19-16(23)12-5-7-13(8-6-12)25-4-2/h5-8H,3-4,9-11H2,1-2H3,(H,19,23)(H2,18,20,21,24). The average molecular weight is 365 g/mol. The molecule has 26 heavy (non-hydrogen) atoms. The van der Waals surface area contributed by atoms with Crippen LogP contribution < -0.4 is 20.7 Å². The Bertz CT molecular complexity index is 630. The normalized spacial score (nSPS) is 9.77. The van der Waals surface area contributed by atoms with E-state index in [1.54, 1.807) is 24.3 Å². The van der Waals surface area contributed by atoms with Crippen molar-refractivity contribution in [3.8, 4) is 5.75 Å². The van der Waals surface area contributed by atoms with Crippen molar-refractivity contribution < 1.29 is 28.7 Å². The Morgan fingerprint density at radius 3 is 2.31 bits per heavy atom. The van der Waals surface area contributed by atoms with Crippen LogP contribution in [0, 0.1) is 0 Å². The number of imide groups is 1. The van der Waals surface area contributed by atoms with Crippen LogP contribution in [0.1, 0.15) is 30.6 Å². The van der Waals surface area contributed by atoms with Gasteiger partial charge in [0, 0.05) is 12.1 Å². The van der Waals surface area contributed by atoms with E-state index >= 15 is 0 Å². The molecule has 0 saturated carbocycles. The highest BCUT2D eigenvalue weighted by atomic mass is 16.5. The molecule has 0 aromatic heterocycles. The molecule has 0 aliphatic carbocycles. The largest absolute Gasteiger partial charge is 0.494 e. The fourth-order valence-electron chi connectivity index (χ4n) is 1.77. The van der Waals surface area contributed by atoms with Crippen molar-refractivity contribution in [2.75, 3.05) is 26.3 Å². The van der Waals surface area contributed by atoms with Crippen molar-refractivity contribution in [2.24, 2.45) is 0 Å². The van der Waals surface area contributed by atoms with Gasteiger partial charge in [-0.15, -0.1) is 0 Å². The van der Waals surface area contributed by atoms with Gasteiger partial charge in [0.1, 0.15) is 12.3 Å². The summed E-state index contributed by atoms with van der Waals surface area (Å²) >= 11 is 0. The van der Waals surface area contributed by atoms with Gasteiger partial charge in [0.25, 0.3) is 11.8 Å². The van der Waals surface area contributed by atoms with Crippen LogP contribution in [0.3, 0.4) is 0 Å². The van der Waals surface area contributed by atoms with Crippen LogP contribution in [0.4, 0.5) is 4.79 Å². The molecule has 0 unspecified atom stereocenters. The molecule has 0 radical (unpaired) electrons. The summed E-state index contributed by atoms with van der Waals surface area (Å²) in [6, 6.07) is 5.76. The molecule has 142 valence electrons. The number of carbonyl (C=O) groups is 4. The lowest BCUT2D eigenvalue weighted by Crippen LogP contribution is -2.42. The zero-order valence-corrected chi connectivity index (χ0v) is 14.8. The highest BCUT2D eigenvalue weighted by Crippen LogP contribution is 2.11. The van der Waals surface area contributed by atoms with Crippen molar-refractivity contribution >= 4 is 23.8 Å². The number of amides is 4. The number of esters is 1. The van der Waals surface area contributed by atoms with Gasteiger partial charge in [-0.05, 0) is 37.6 Å². The van der Waals surface area contributed by atoms with Crippen LogP contribution in [0.5, 0.6) is 5.75 Å². The second-order valence-electron chi connectivity index (χ2n) is 5.10.